The van der Waals surface area contributed by atoms with Gasteiger partial charge in [-0.25, -0.2) is 0 Å². The highest BCUT2D eigenvalue weighted by Gasteiger charge is 2.29. The Balaban J connectivity index is 2.00. The predicted molar refractivity (Wildman–Crippen MR) is 87.2 cm³/mol. The number of aliphatic carboxylic acids is 1. The normalized spacial score (nSPS) is 20.6. The number of aryl methyl sites for hydroxylation is 1. The number of amides is 2. The molecular weight excluding hydrogens is 296 g/mol. The van der Waals surface area contributed by atoms with Gasteiger partial charge < -0.3 is 15.7 Å². The number of hydrogen-bond donors (Lipinski definition) is 3. The van der Waals surface area contributed by atoms with E-state index in [2.05, 4.69) is 10.6 Å². The Labute approximate surface area is 135 Å². The van der Waals surface area contributed by atoms with Gasteiger partial charge in [0.2, 0.25) is 11.8 Å². The highest BCUT2D eigenvalue weighted by molar-refractivity contribution is 5.95. The van der Waals surface area contributed by atoms with Gasteiger partial charge in [-0.1, -0.05) is 6.07 Å². The minimum atomic E-state index is -0.775. The second-order valence-electron chi connectivity index (χ2n) is 6.09. The van der Waals surface area contributed by atoms with Crippen LogP contribution < -0.4 is 10.6 Å². The van der Waals surface area contributed by atoms with Gasteiger partial charge in [-0.3, -0.25) is 14.4 Å². The number of rotatable bonds is 4. The number of carboxylic acid groups (broad SMARTS) is 1. The maximum Gasteiger partial charge on any atom is 0.306 e. The number of hydrogen-bond acceptors (Lipinski definition) is 3. The van der Waals surface area contributed by atoms with E-state index >= 15 is 0 Å². The first-order chi connectivity index (χ1) is 10.9. The second kappa shape index (κ2) is 7.26. The molecule has 124 valence electrons. The number of benzene rings is 1. The van der Waals surface area contributed by atoms with Gasteiger partial charge in [0, 0.05) is 24.2 Å². The zero-order valence-electron chi connectivity index (χ0n) is 13.4. The highest BCUT2D eigenvalue weighted by atomic mass is 16.4. The molecule has 6 heteroatoms. The van der Waals surface area contributed by atoms with E-state index in [0.29, 0.717) is 37.1 Å². The summed E-state index contributed by atoms with van der Waals surface area (Å²) in [6.07, 6.45) is 2.26. The molecule has 2 amide bonds. The van der Waals surface area contributed by atoms with Gasteiger partial charge in [0.1, 0.15) is 0 Å². The second-order valence-corrected chi connectivity index (χ2v) is 6.09. The maximum absolute atomic E-state index is 12.4. The topological polar surface area (TPSA) is 95.5 Å². The van der Waals surface area contributed by atoms with E-state index in [1.54, 1.807) is 12.1 Å². The third kappa shape index (κ3) is 4.55. The average molecular weight is 318 g/mol. The first-order valence-corrected chi connectivity index (χ1v) is 7.78. The fourth-order valence-electron chi connectivity index (χ4n) is 2.88. The summed E-state index contributed by atoms with van der Waals surface area (Å²) in [7, 11) is 0. The molecule has 1 aliphatic carbocycles. The molecule has 0 unspecified atom stereocenters. The molecule has 1 fully saturated rings. The van der Waals surface area contributed by atoms with E-state index in [0.717, 1.165) is 5.56 Å². The lowest BCUT2D eigenvalue weighted by Crippen LogP contribution is -2.29. The van der Waals surface area contributed by atoms with Crippen molar-refractivity contribution in [2.45, 2.75) is 39.5 Å². The fraction of sp³-hybridized carbons (Fsp3) is 0.471. The molecular formula is C17H22N2O4. The van der Waals surface area contributed by atoms with Gasteiger partial charge in [-0.15, -0.1) is 0 Å². The number of nitrogens with one attached hydrogen (secondary N) is 2. The number of carbonyl (C=O) groups excluding carboxylic acids is 2. The molecule has 0 radical (unpaired) electrons. The van der Waals surface area contributed by atoms with Crippen LogP contribution >= 0.6 is 0 Å². The molecule has 0 aromatic heterocycles. The summed E-state index contributed by atoms with van der Waals surface area (Å²) in [4.78, 5) is 34.5. The van der Waals surface area contributed by atoms with Crippen molar-refractivity contribution in [3.05, 3.63) is 23.8 Å². The maximum atomic E-state index is 12.4. The third-order valence-corrected chi connectivity index (χ3v) is 4.26. The van der Waals surface area contributed by atoms with Crippen LogP contribution in [0.3, 0.4) is 0 Å². The molecule has 0 saturated heterocycles. The summed E-state index contributed by atoms with van der Waals surface area (Å²) in [5.41, 5.74) is 2.21. The van der Waals surface area contributed by atoms with Crippen LogP contribution in [0.25, 0.3) is 0 Å². The van der Waals surface area contributed by atoms with Crippen LogP contribution in [0.15, 0.2) is 18.2 Å². The molecule has 23 heavy (non-hydrogen) atoms. The average Bonchev–Trinajstić information content (AvgIpc) is 2.50. The summed E-state index contributed by atoms with van der Waals surface area (Å²) >= 11 is 0. The summed E-state index contributed by atoms with van der Waals surface area (Å²) in [5.74, 6) is -1.52. The van der Waals surface area contributed by atoms with Crippen molar-refractivity contribution in [1.29, 1.82) is 0 Å². The smallest absolute Gasteiger partial charge is 0.306 e. The lowest BCUT2D eigenvalue weighted by molar-refractivity contribution is -0.143. The Morgan fingerprint density at radius 1 is 1.04 bits per heavy atom. The fourth-order valence-corrected chi connectivity index (χ4v) is 2.88. The van der Waals surface area contributed by atoms with Gasteiger partial charge in [-0.05, 0) is 50.3 Å². The summed E-state index contributed by atoms with van der Waals surface area (Å²) in [6.45, 7) is 3.31. The monoisotopic (exact) mass is 318 g/mol. The van der Waals surface area contributed by atoms with Crippen LogP contribution in [0.5, 0.6) is 0 Å². The molecule has 2 rings (SSSR count). The molecule has 0 aliphatic heterocycles. The number of carboxylic acids is 1. The van der Waals surface area contributed by atoms with Crippen LogP contribution in [-0.4, -0.2) is 22.9 Å². The standard InChI is InChI=1S/C17H22N2O4/c1-10-3-8-14(18-11(2)20)9-15(10)19-16(21)12-4-6-13(7-5-12)17(22)23/h3,8-9,12-13H,4-7H2,1-2H3,(H,18,20)(H,19,21)(H,22,23). The van der Waals surface area contributed by atoms with Gasteiger partial charge in [0.25, 0.3) is 0 Å². The molecule has 3 N–H and O–H groups in total. The Kier molecular flexibility index (Phi) is 5.36. The van der Waals surface area contributed by atoms with E-state index in [-0.39, 0.29) is 23.7 Å². The first-order valence-electron chi connectivity index (χ1n) is 7.78. The van der Waals surface area contributed by atoms with Crippen molar-refractivity contribution >= 4 is 29.2 Å². The van der Waals surface area contributed by atoms with Gasteiger partial charge >= 0.3 is 5.97 Å². The molecule has 1 saturated carbocycles. The minimum Gasteiger partial charge on any atom is -0.481 e. The van der Waals surface area contributed by atoms with Gasteiger partial charge in [0.05, 0.1) is 5.92 Å². The summed E-state index contributed by atoms with van der Waals surface area (Å²) in [5, 5.41) is 14.6. The highest BCUT2D eigenvalue weighted by Crippen LogP contribution is 2.30. The Hall–Kier alpha value is -2.37. The minimum absolute atomic E-state index is 0.0862. The summed E-state index contributed by atoms with van der Waals surface area (Å²) < 4.78 is 0. The SMILES string of the molecule is CC(=O)Nc1ccc(C)c(NC(=O)C2CCC(C(=O)O)CC2)c1. The van der Waals surface area contributed by atoms with Crippen LogP contribution in [0.1, 0.15) is 38.2 Å². The van der Waals surface area contributed by atoms with Crippen LogP contribution in [-0.2, 0) is 14.4 Å². The first kappa shape index (κ1) is 17.0. The van der Waals surface area contributed by atoms with Crippen LogP contribution in [0.4, 0.5) is 11.4 Å². The van der Waals surface area contributed by atoms with Crippen molar-refractivity contribution in [1.82, 2.24) is 0 Å². The summed E-state index contributed by atoms with van der Waals surface area (Å²) in [6, 6.07) is 5.35. The molecule has 0 heterocycles. The Morgan fingerprint density at radius 2 is 1.65 bits per heavy atom. The molecule has 1 aromatic rings. The van der Waals surface area contributed by atoms with Crippen molar-refractivity contribution in [3.63, 3.8) is 0 Å². The van der Waals surface area contributed by atoms with Crippen molar-refractivity contribution in [3.8, 4) is 0 Å². The van der Waals surface area contributed by atoms with Crippen LogP contribution in [0.2, 0.25) is 0 Å². The Morgan fingerprint density at radius 3 is 2.22 bits per heavy atom. The molecule has 0 bridgehead atoms. The lowest BCUT2D eigenvalue weighted by Gasteiger charge is -2.25. The largest absolute Gasteiger partial charge is 0.481 e. The molecule has 6 nitrogen and oxygen atoms in total. The quantitative estimate of drug-likeness (QED) is 0.795. The predicted octanol–water partition coefficient (Wildman–Crippen LogP) is 2.78. The van der Waals surface area contributed by atoms with E-state index < -0.39 is 5.97 Å². The van der Waals surface area contributed by atoms with E-state index in [9.17, 15) is 14.4 Å². The van der Waals surface area contributed by atoms with Crippen LogP contribution in [0, 0.1) is 18.8 Å². The molecule has 0 spiro atoms. The van der Waals surface area contributed by atoms with Crippen molar-refractivity contribution in [2.75, 3.05) is 10.6 Å². The number of carbonyl (C=O) groups is 3. The zero-order valence-corrected chi connectivity index (χ0v) is 13.4. The molecule has 1 aromatic carbocycles. The van der Waals surface area contributed by atoms with Gasteiger partial charge in [0.15, 0.2) is 0 Å². The molecule has 0 atom stereocenters. The van der Waals surface area contributed by atoms with Crippen molar-refractivity contribution in [2.24, 2.45) is 11.8 Å². The zero-order chi connectivity index (χ0) is 17.0. The molecule has 1 aliphatic rings. The van der Waals surface area contributed by atoms with Gasteiger partial charge in [-0.2, -0.15) is 0 Å². The Bertz CT molecular complexity index is 619. The third-order valence-electron chi connectivity index (χ3n) is 4.26. The number of anilines is 2. The van der Waals surface area contributed by atoms with E-state index in [1.165, 1.54) is 6.92 Å². The van der Waals surface area contributed by atoms with E-state index in [1.807, 2.05) is 13.0 Å². The van der Waals surface area contributed by atoms with Crippen molar-refractivity contribution < 1.29 is 19.5 Å². The van der Waals surface area contributed by atoms with E-state index in [4.69, 9.17) is 5.11 Å². The lowest BCUT2D eigenvalue weighted by atomic mass is 9.81.